The van der Waals surface area contributed by atoms with Crippen molar-refractivity contribution in [3.63, 3.8) is 0 Å². The van der Waals surface area contributed by atoms with E-state index < -0.39 is 6.03 Å². The average molecular weight is 254 g/mol. The SMILES string of the molecule is O=C(Nc1nn[nH]n1)Nc1cccc2ccccc12. The smallest absolute Gasteiger partial charge is 0.307 e. The van der Waals surface area contributed by atoms with Gasteiger partial charge < -0.3 is 5.32 Å². The lowest BCUT2D eigenvalue weighted by Gasteiger charge is -2.08. The van der Waals surface area contributed by atoms with Crippen LogP contribution in [0, 0.1) is 0 Å². The van der Waals surface area contributed by atoms with Gasteiger partial charge in [0.15, 0.2) is 0 Å². The summed E-state index contributed by atoms with van der Waals surface area (Å²) in [7, 11) is 0. The lowest BCUT2D eigenvalue weighted by molar-refractivity contribution is 0.262. The van der Waals surface area contributed by atoms with Gasteiger partial charge in [0, 0.05) is 5.39 Å². The summed E-state index contributed by atoms with van der Waals surface area (Å²) >= 11 is 0. The Hall–Kier alpha value is -2.96. The number of hydrogen-bond donors (Lipinski definition) is 3. The van der Waals surface area contributed by atoms with E-state index in [-0.39, 0.29) is 5.95 Å². The van der Waals surface area contributed by atoms with E-state index in [4.69, 9.17) is 0 Å². The molecule has 19 heavy (non-hydrogen) atoms. The molecule has 3 aromatic rings. The van der Waals surface area contributed by atoms with Crippen LogP contribution in [0.25, 0.3) is 10.8 Å². The normalized spacial score (nSPS) is 10.3. The predicted molar refractivity (Wildman–Crippen MR) is 70.8 cm³/mol. The molecule has 2 aromatic carbocycles. The van der Waals surface area contributed by atoms with Crippen LogP contribution < -0.4 is 10.6 Å². The number of aromatic nitrogens is 4. The van der Waals surface area contributed by atoms with Gasteiger partial charge in [-0.25, -0.2) is 4.79 Å². The van der Waals surface area contributed by atoms with Crippen LogP contribution in [-0.2, 0) is 0 Å². The predicted octanol–water partition coefficient (Wildman–Crippen LogP) is 2.00. The van der Waals surface area contributed by atoms with E-state index >= 15 is 0 Å². The van der Waals surface area contributed by atoms with Crippen LogP contribution in [0.3, 0.4) is 0 Å². The monoisotopic (exact) mass is 254 g/mol. The molecule has 1 aromatic heterocycles. The number of aromatic amines is 1. The van der Waals surface area contributed by atoms with Gasteiger partial charge in [-0.3, -0.25) is 5.32 Å². The minimum Gasteiger partial charge on any atom is -0.307 e. The zero-order valence-electron chi connectivity index (χ0n) is 9.79. The summed E-state index contributed by atoms with van der Waals surface area (Å²) in [6.45, 7) is 0. The van der Waals surface area contributed by atoms with E-state index in [1.165, 1.54) is 0 Å². The Morgan fingerprint density at radius 3 is 2.74 bits per heavy atom. The summed E-state index contributed by atoms with van der Waals surface area (Å²) in [5.41, 5.74) is 0.721. The summed E-state index contributed by atoms with van der Waals surface area (Å²) in [4.78, 5) is 11.8. The molecule has 0 bridgehead atoms. The van der Waals surface area contributed by atoms with Crippen molar-refractivity contribution in [2.75, 3.05) is 10.6 Å². The second kappa shape index (κ2) is 4.73. The molecule has 0 unspecified atom stereocenters. The van der Waals surface area contributed by atoms with Crippen molar-refractivity contribution in [1.29, 1.82) is 0 Å². The number of fused-ring (bicyclic) bond motifs is 1. The first-order chi connectivity index (χ1) is 9.33. The van der Waals surface area contributed by atoms with Crippen molar-refractivity contribution in [3.8, 4) is 0 Å². The van der Waals surface area contributed by atoms with Crippen LogP contribution in [0.15, 0.2) is 42.5 Å². The van der Waals surface area contributed by atoms with Gasteiger partial charge in [-0.2, -0.15) is 5.21 Å². The Labute approximate surface area is 108 Å². The van der Waals surface area contributed by atoms with Crippen LogP contribution in [-0.4, -0.2) is 26.7 Å². The molecular weight excluding hydrogens is 244 g/mol. The fourth-order valence-corrected chi connectivity index (χ4v) is 1.80. The Morgan fingerprint density at radius 1 is 1.05 bits per heavy atom. The van der Waals surface area contributed by atoms with Crippen molar-refractivity contribution in [1.82, 2.24) is 20.6 Å². The molecule has 0 saturated carbocycles. The summed E-state index contributed by atoms with van der Waals surface area (Å²) in [5.74, 6) is 0.123. The maximum absolute atomic E-state index is 11.8. The second-order valence-corrected chi connectivity index (χ2v) is 3.84. The second-order valence-electron chi connectivity index (χ2n) is 3.84. The highest BCUT2D eigenvalue weighted by atomic mass is 16.2. The quantitative estimate of drug-likeness (QED) is 0.651. The van der Waals surface area contributed by atoms with Crippen LogP contribution in [0.2, 0.25) is 0 Å². The van der Waals surface area contributed by atoms with Gasteiger partial charge in [-0.1, -0.05) is 41.5 Å². The maximum Gasteiger partial charge on any atom is 0.326 e. The first kappa shape index (κ1) is 11.1. The van der Waals surface area contributed by atoms with Gasteiger partial charge in [0.05, 0.1) is 5.69 Å². The number of tetrazole rings is 1. The van der Waals surface area contributed by atoms with Crippen molar-refractivity contribution in [2.45, 2.75) is 0 Å². The Morgan fingerprint density at radius 2 is 1.89 bits per heavy atom. The number of anilines is 2. The van der Waals surface area contributed by atoms with Crippen molar-refractivity contribution < 1.29 is 4.79 Å². The van der Waals surface area contributed by atoms with Crippen LogP contribution in [0.4, 0.5) is 16.4 Å². The van der Waals surface area contributed by atoms with E-state index in [9.17, 15) is 4.79 Å². The highest BCUT2D eigenvalue weighted by Crippen LogP contribution is 2.22. The fourth-order valence-electron chi connectivity index (χ4n) is 1.80. The Kier molecular flexibility index (Phi) is 2.77. The number of rotatable bonds is 2. The number of nitrogens with zero attached hydrogens (tertiary/aromatic N) is 3. The first-order valence-electron chi connectivity index (χ1n) is 5.62. The lowest BCUT2D eigenvalue weighted by atomic mass is 10.1. The molecule has 0 fully saturated rings. The van der Waals surface area contributed by atoms with Crippen LogP contribution in [0.1, 0.15) is 0 Å². The number of H-pyrrole nitrogens is 1. The molecule has 7 nitrogen and oxygen atoms in total. The molecule has 0 spiro atoms. The molecule has 0 aliphatic heterocycles. The van der Waals surface area contributed by atoms with E-state index in [1.54, 1.807) is 0 Å². The number of carbonyl (C=O) groups is 1. The zero-order valence-corrected chi connectivity index (χ0v) is 9.79. The van der Waals surface area contributed by atoms with Crippen LogP contribution in [0.5, 0.6) is 0 Å². The summed E-state index contributed by atoms with van der Waals surface area (Å²) in [5, 5.41) is 20.1. The molecule has 2 amide bonds. The first-order valence-corrected chi connectivity index (χ1v) is 5.62. The van der Waals surface area contributed by atoms with Crippen molar-refractivity contribution in [2.24, 2.45) is 0 Å². The number of carbonyl (C=O) groups excluding carboxylic acids is 1. The van der Waals surface area contributed by atoms with Gasteiger partial charge in [-0.15, -0.1) is 5.10 Å². The molecular formula is C12H10N6O. The highest BCUT2D eigenvalue weighted by molar-refractivity contribution is 6.05. The molecule has 0 atom stereocenters. The summed E-state index contributed by atoms with van der Waals surface area (Å²) in [6.07, 6.45) is 0. The minimum absolute atomic E-state index is 0.123. The summed E-state index contributed by atoms with van der Waals surface area (Å²) < 4.78 is 0. The largest absolute Gasteiger partial charge is 0.326 e. The van der Waals surface area contributed by atoms with E-state index in [0.29, 0.717) is 0 Å². The number of urea groups is 1. The van der Waals surface area contributed by atoms with E-state index in [1.807, 2.05) is 42.5 Å². The zero-order chi connectivity index (χ0) is 13.1. The third kappa shape index (κ3) is 2.34. The number of nitrogens with one attached hydrogen (secondary N) is 3. The molecule has 0 saturated heterocycles. The maximum atomic E-state index is 11.8. The van der Waals surface area contributed by atoms with Gasteiger partial charge in [0.1, 0.15) is 0 Å². The standard InChI is InChI=1S/C12H10N6O/c19-12(14-11-15-17-18-16-11)13-10-7-3-5-8-4-1-2-6-9(8)10/h1-7H,(H3,13,14,15,16,17,18,19). The van der Waals surface area contributed by atoms with Gasteiger partial charge in [0.2, 0.25) is 0 Å². The van der Waals surface area contributed by atoms with E-state index in [2.05, 4.69) is 31.3 Å². The molecule has 94 valence electrons. The topological polar surface area (TPSA) is 95.6 Å². The molecule has 3 N–H and O–H groups in total. The van der Waals surface area contributed by atoms with Crippen LogP contribution >= 0.6 is 0 Å². The molecule has 0 radical (unpaired) electrons. The Bertz CT molecular complexity index is 704. The molecule has 3 rings (SSSR count). The van der Waals surface area contributed by atoms with Gasteiger partial charge in [0.25, 0.3) is 5.95 Å². The molecule has 1 heterocycles. The molecule has 7 heteroatoms. The lowest BCUT2D eigenvalue weighted by Crippen LogP contribution is -2.20. The number of amides is 2. The Balaban J connectivity index is 1.83. The van der Waals surface area contributed by atoms with Crippen molar-refractivity contribution in [3.05, 3.63) is 42.5 Å². The number of benzene rings is 2. The van der Waals surface area contributed by atoms with Gasteiger partial charge in [-0.05, 0) is 16.7 Å². The van der Waals surface area contributed by atoms with Gasteiger partial charge >= 0.3 is 6.03 Å². The third-order valence-corrected chi connectivity index (χ3v) is 2.61. The minimum atomic E-state index is -0.419. The highest BCUT2D eigenvalue weighted by Gasteiger charge is 2.07. The fraction of sp³-hybridized carbons (Fsp3) is 0. The van der Waals surface area contributed by atoms with E-state index in [0.717, 1.165) is 16.5 Å². The summed E-state index contributed by atoms with van der Waals surface area (Å²) in [6, 6.07) is 13.1. The molecule has 0 aliphatic carbocycles. The molecule has 0 aliphatic rings. The average Bonchev–Trinajstić information content (AvgIpc) is 2.92. The number of hydrogen-bond acceptors (Lipinski definition) is 4. The van der Waals surface area contributed by atoms with Crippen molar-refractivity contribution >= 4 is 28.4 Å². The third-order valence-electron chi connectivity index (χ3n) is 2.61.